The number of Topliss-reactive ketones (excluding diaryl/α,β-unsaturated/α-hetero) is 1. The van der Waals surface area contributed by atoms with Crippen LogP contribution in [0.15, 0.2) is 40.7 Å². The van der Waals surface area contributed by atoms with Crippen molar-refractivity contribution in [3.8, 4) is 11.5 Å². The number of furan rings is 1. The molecule has 22 heavy (non-hydrogen) atoms. The van der Waals surface area contributed by atoms with Crippen LogP contribution in [-0.4, -0.2) is 11.4 Å². The van der Waals surface area contributed by atoms with Gasteiger partial charge in [0.05, 0.1) is 11.8 Å². The van der Waals surface area contributed by atoms with Crippen molar-refractivity contribution >= 4 is 11.9 Å². The molecule has 0 atom stereocenters. The molecule has 4 rings (SSSR count). The van der Waals surface area contributed by atoms with Crippen molar-refractivity contribution < 1.29 is 18.7 Å². The van der Waals surface area contributed by atoms with Crippen molar-refractivity contribution in [2.24, 2.45) is 0 Å². The molecule has 112 valence electrons. The fourth-order valence-electron chi connectivity index (χ4n) is 2.90. The molecule has 0 radical (unpaired) electrons. The lowest BCUT2D eigenvalue weighted by molar-refractivity contribution is 0.0838. The molecule has 1 aromatic heterocycles. The average molecular weight is 296 g/mol. The van der Waals surface area contributed by atoms with Crippen LogP contribution in [0.4, 0.5) is 0 Å². The summed E-state index contributed by atoms with van der Waals surface area (Å²) in [5.41, 5.74) is 1.39. The third-order valence-corrected chi connectivity index (χ3v) is 4.08. The topological polar surface area (TPSA) is 48.7 Å². The van der Waals surface area contributed by atoms with Gasteiger partial charge in [-0.05, 0) is 51.0 Å². The van der Waals surface area contributed by atoms with Gasteiger partial charge >= 0.3 is 0 Å². The van der Waals surface area contributed by atoms with E-state index in [9.17, 15) is 4.79 Å². The monoisotopic (exact) mass is 296 g/mol. The van der Waals surface area contributed by atoms with Crippen LogP contribution in [-0.2, 0) is 6.42 Å². The molecule has 0 aliphatic carbocycles. The first-order chi connectivity index (χ1) is 10.5. The Balaban J connectivity index is 1.75. The maximum Gasteiger partial charge on any atom is 0.232 e. The number of rotatable bonds is 1. The SMILES string of the molecule is CC1(C)CCc2c(ccc3c2O/C(=C\c2ccco2)C3=O)O1. The van der Waals surface area contributed by atoms with Crippen LogP contribution in [0.25, 0.3) is 6.08 Å². The first kappa shape index (κ1) is 13.2. The van der Waals surface area contributed by atoms with Crippen LogP contribution in [0.5, 0.6) is 11.5 Å². The molecule has 1 aromatic carbocycles. The lowest BCUT2D eigenvalue weighted by Gasteiger charge is -2.33. The van der Waals surface area contributed by atoms with E-state index in [4.69, 9.17) is 13.9 Å². The van der Waals surface area contributed by atoms with Crippen molar-refractivity contribution in [1.29, 1.82) is 0 Å². The Bertz CT molecular complexity index is 782. The number of hydrogen-bond donors (Lipinski definition) is 0. The molecule has 2 aliphatic rings. The standard InChI is InChI=1S/C18H16O4/c1-18(2)8-7-12-14(22-18)6-5-13-16(19)15(21-17(12)13)10-11-4-3-9-20-11/h3-6,9-10H,7-8H2,1-2H3/b15-10-. The van der Waals surface area contributed by atoms with Crippen molar-refractivity contribution in [1.82, 2.24) is 0 Å². The van der Waals surface area contributed by atoms with Gasteiger partial charge in [-0.2, -0.15) is 0 Å². The van der Waals surface area contributed by atoms with Crippen molar-refractivity contribution in [2.45, 2.75) is 32.3 Å². The van der Waals surface area contributed by atoms with Gasteiger partial charge in [-0.1, -0.05) is 0 Å². The van der Waals surface area contributed by atoms with E-state index in [1.54, 1.807) is 30.5 Å². The third kappa shape index (κ3) is 2.03. The number of carbonyl (C=O) groups is 1. The molecule has 0 bridgehead atoms. The van der Waals surface area contributed by atoms with Gasteiger partial charge in [-0.15, -0.1) is 0 Å². The molecular weight excluding hydrogens is 280 g/mol. The molecule has 4 nitrogen and oxygen atoms in total. The second-order valence-electron chi connectivity index (χ2n) is 6.24. The van der Waals surface area contributed by atoms with Crippen LogP contribution < -0.4 is 9.47 Å². The van der Waals surface area contributed by atoms with Gasteiger partial charge in [0.15, 0.2) is 5.76 Å². The van der Waals surface area contributed by atoms with E-state index in [1.165, 1.54) is 0 Å². The van der Waals surface area contributed by atoms with Crippen LogP contribution >= 0.6 is 0 Å². The molecule has 0 saturated heterocycles. The molecule has 0 amide bonds. The zero-order chi connectivity index (χ0) is 15.3. The van der Waals surface area contributed by atoms with Gasteiger partial charge < -0.3 is 13.9 Å². The maximum absolute atomic E-state index is 12.5. The van der Waals surface area contributed by atoms with E-state index in [0.717, 1.165) is 24.2 Å². The van der Waals surface area contributed by atoms with Gasteiger partial charge in [0.25, 0.3) is 0 Å². The average Bonchev–Trinajstić information content (AvgIpc) is 3.07. The molecule has 0 spiro atoms. The molecule has 4 heteroatoms. The molecule has 2 aromatic rings. The zero-order valence-corrected chi connectivity index (χ0v) is 12.5. The fourth-order valence-corrected chi connectivity index (χ4v) is 2.90. The molecule has 2 aliphatic heterocycles. The second kappa shape index (κ2) is 4.50. The first-order valence-corrected chi connectivity index (χ1v) is 7.36. The van der Waals surface area contributed by atoms with Gasteiger partial charge in [-0.25, -0.2) is 0 Å². The Kier molecular flexibility index (Phi) is 2.70. The number of fused-ring (bicyclic) bond motifs is 3. The van der Waals surface area contributed by atoms with Crippen LogP contribution in [0.2, 0.25) is 0 Å². The van der Waals surface area contributed by atoms with Gasteiger partial charge in [-0.3, -0.25) is 4.79 Å². The molecule has 3 heterocycles. The smallest absolute Gasteiger partial charge is 0.232 e. The number of carbonyl (C=O) groups excluding carboxylic acids is 1. The number of allylic oxidation sites excluding steroid dienone is 1. The minimum Gasteiger partial charge on any atom is -0.487 e. The quantitative estimate of drug-likeness (QED) is 0.746. The summed E-state index contributed by atoms with van der Waals surface area (Å²) in [6.07, 6.45) is 4.93. The molecule has 0 fully saturated rings. The Hall–Kier alpha value is -2.49. The zero-order valence-electron chi connectivity index (χ0n) is 12.5. The summed E-state index contributed by atoms with van der Waals surface area (Å²) in [4.78, 5) is 12.5. The minimum absolute atomic E-state index is 0.112. The lowest BCUT2D eigenvalue weighted by atomic mass is 9.92. The summed E-state index contributed by atoms with van der Waals surface area (Å²) in [5.74, 6) is 2.22. The molecule has 0 saturated carbocycles. The Labute approximate surface area is 128 Å². The Morgan fingerprint density at radius 1 is 1.23 bits per heavy atom. The highest BCUT2D eigenvalue weighted by atomic mass is 16.5. The summed E-state index contributed by atoms with van der Waals surface area (Å²) in [5, 5.41) is 0. The molecule has 0 unspecified atom stereocenters. The largest absolute Gasteiger partial charge is 0.487 e. The second-order valence-corrected chi connectivity index (χ2v) is 6.24. The number of ketones is 1. The Morgan fingerprint density at radius 2 is 2.09 bits per heavy atom. The van der Waals surface area contributed by atoms with E-state index < -0.39 is 0 Å². The summed E-state index contributed by atoms with van der Waals surface area (Å²) < 4.78 is 17.1. The summed E-state index contributed by atoms with van der Waals surface area (Å²) in [7, 11) is 0. The summed E-state index contributed by atoms with van der Waals surface area (Å²) in [6.45, 7) is 4.13. The maximum atomic E-state index is 12.5. The first-order valence-electron chi connectivity index (χ1n) is 7.36. The highest BCUT2D eigenvalue weighted by Gasteiger charge is 2.35. The van der Waals surface area contributed by atoms with Gasteiger partial charge in [0, 0.05) is 11.6 Å². The number of ether oxygens (including phenoxy) is 2. The van der Waals surface area contributed by atoms with E-state index in [2.05, 4.69) is 13.8 Å². The third-order valence-electron chi connectivity index (χ3n) is 4.08. The molecular formula is C18H16O4. The van der Waals surface area contributed by atoms with Crippen molar-refractivity contribution in [3.63, 3.8) is 0 Å². The van der Waals surface area contributed by atoms with E-state index in [1.807, 2.05) is 6.07 Å². The van der Waals surface area contributed by atoms with Crippen LogP contribution in [0.3, 0.4) is 0 Å². The number of hydrogen-bond acceptors (Lipinski definition) is 4. The highest BCUT2D eigenvalue weighted by molar-refractivity contribution is 6.14. The van der Waals surface area contributed by atoms with Gasteiger partial charge in [0.1, 0.15) is 22.9 Å². The predicted molar refractivity (Wildman–Crippen MR) is 81.1 cm³/mol. The van der Waals surface area contributed by atoms with Crippen molar-refractivity contribution in [2.75, 3.05) is 0 Å². The van der Waals surface area contributed by atoms with Crippen LogP contribution in [0, 0.1) is 0 Å². The fraction of sp³-hybridized carbons (Fsp3) is 0.278. The predicted octanol–water partition coefficient (Wildman–Crippen LogP) is 4.00. The number of benzene rings is 1. The normalized spacial score (nSPS) is 20.3. The van der Waals surface area contributed by atoms with Crippen LogP contribution in [0.1, 0.15) is 41.9 Å². The van der Waals surface area contributed by atoms with Crippen molar-refractivity contribution in [3.05, 3.63) is 53.2 Å². The minimum atomic E-state index is -0.184. The summed E-state index contributed by atoms with van der Waals surface area (Å²) >= 11 is 0. The van der Waals surface area contributed by atoms with E-state index in [-0.39, 0.29) is 11.4 Å². The highest BCUT2D eigenvalue weighted by Crippen LogP contribution is 2.44. The van der Waals surface area contributed by atoms with E-state index in [0.29, 0.717) is 22.8 Å². The van der Waals surface area contributed by atoms with E-state index >= 15 is 0 Å². The summed E-state index contributed by atoms with van der Waals surface area (Å²) in [6, 6.07) is 7.21. The Morgan fingerprint density at radius 3 is 2.86 bits per heavy atom. The lowest BCUT2D eigenvalue weighted by Crippen LogP contribution is -2.32. The molecule has 0 N–H and O–H groups in total. The van der Waals surface area contributed by atoms with Gasteiger partial charge in [0.2, 0.25) is 5.78 Å².